The lowest BCUT2D eigenvalue weighted by molar-refractivity contribution is -0.156. The van der Waals surface area contributed by atoms with E-state index in [4.69, 9.17) is 0 Å². The van der Waals surface area contributed by atoms with Crippen LogP contribution in [0.3, 0.4) is 0 Å². The molecule has 1 aromatic carbocycles. The molecule has 2 N–H and O–H groups in total. The Morgan fingerprint density at radius 3 is 2.41 bits per heavy atom. The Hall–Kier alpha value is -2.90. The van der Waals surface area contributed by atoms with Crippen LogP contribution in [0, 0.1) is 12.8 Å². The van der Waals surface area contributed by atoms with Crippen LogP contribution in [0.15, 0.2) is 18.2 Å². The average Bonchev–Trinajstić information content (AvgIpc) is 3.47. The third kappa shape index (κ3) is 4.45. The molecule has 0 aromatic heterocycles. The second-order valence-electron chi connectivity index (χ2n) is 6.95. The van der Waals surface area contributed by atoms with Crippen molar-refractivity contribution in [2.45, 2.75) is 26.7 Å². The molecule has 8 heteroatoms. The van der Waals surface area contributed by atoms with Gasteiger partial charge in [-0.25, -0.2) is 0 Å². The monoisotopic (exact) mass is 372 g/mol. The largest absolute Gasteiger partial charge is 0.333 e. The molecule has 4 amide bonds. The summed E-state index contributed by atoms with van der Waals surface area (Å²) in [5.41, 5.74) is 2.03. The van der Waals surface area contributed by atoms with Crippen LogP contribution in [-0.4, -0.2) is 59.6 Å². The minimum Gasteiger partial charge on any atom is -0.333 e. The summed E-state index contributed by atoms with van der Waals surface area (Å²) in [6.07, 6.45) is 1.83. The summed E-state index contributed by atoms with van der Waals surface area (Å²) in [5, 5.41) is 5.61. The first-order chi connectivity index (χ1) is 12.9. The molecule has 0 radical (unpaired) electrons. The van der Waals surface area contributed by atoms with Gasteiger partial charge in [0.05, 0.1) is 0 Å². The van der Waals surface area contributed by atoms with E-state index in [0.717, 1.165) is 18.4 Å². The van der Waals surface area contributed by atoms with Crippen LogP contribution in [0.1, 0.15) is 25.3 Å². The maximum Gasteiger partial charge on any atom is 0.312 e. The molecular weight excluding hydrogens is 348 g/mol. The number of likely N-dealkylation sites (N-methyl/N-ethyl adjacent to an activating group) is 1. The number of carbonyl (C=O) groups excluding carboxylic acids is 4. The van der Waals surface area contributed by atoms with Crippen molar-refractivity contribution in [1.29, 1.82) is 0 Å². The number of hydrogen-bond acceptors (Lipinski definition) is 4. The van der Waals surface area contributed by atoms with Crippen molar-refractivity contribution in [2.75, 3.05) is 36.8 Å². The normalized spacial score (nSPS) is 17.1. The van der Waals surface area contributed by atoms with E-state index >= 15 is 0 Å². The van der Waals surface area contributed by atoms with Gasteiger partial charge in [-0.05, 0) is 44.4 Å². The molecule has 1 aromatic rings. The summed E-state index contributed by atoms with van der Waals surface area (Å²) in [5.74, 6) is -1.52. The first kappa shape index (κ1) is 18.9. The second kappa shape index (κ2) is 7.77. The minimum atomic E-state index is -0.652. The summed E-state index contributed by atoms with van der Waals surface area (Å²) in [6.45, 7) is 4.71. The highest BCUT2D eigenvalue weighted by atomic mass is 16.2. The zero-order chi connectivity index (χ0) is 19.6. The Bertz CT molecular complexity index is 788. The highest BCUT2D eigenvalue weighted by Gasteiger charge is 2.32. The Kier molecular flexibility index (Phi) is 5.43. The number of piperazine rings is 1. The highest BCUT2D eigenvalue weighted by Crippen LogP contribution is 2.30. The van der Waals surface area contributed by atoms with E-state index in [2.05, 4.69) is 10.6 Å². The number of nitrogens with one attached hydrogen (secondary N) is 2. The predicted molar refractivity (Wildman–Crippen MR) is 100.0 cm³/mol. The van der Waals surface area contributed by atoms with Crippen molar-refractivity contribution in [1.82, 2.24) is 9.80 Å². The molecule has 27 heavy (non-hydrogen) atoms. The fourth-order valence-corrected chi connectivity index (χ4v) is 2.95. The van der Waals surface area contributed by atoms with Gasteiger partial charge in [0, 0.05) is 36.9 Å². The van der Waals surface area contributed by atoms with E-state index in [1.807, 2.05) is 19.9 Å². The van der Waals surface area contributed by atoms with E-state index in [1.54, 1.807) is 12.1 Å². The standard InChI is InChI=1S/C19H24N4O4/c1-3-22-8-9-23(19(27)18(22)26)11-16(24)21-15-10-14(7-4-12(15)2)20-17(25)13-5-6-13/h4,7,10,13H,3,5-6,8-9,11H2,1-2H3,(H,20,25)(H,21,24). The van der Waals surface area contributed by atoms with E-state index in [1.165, 1.54) is 9.80 Å². The van der Waals surface area contributed by atoms with Gasteiger partial charge in [-0.2, -0.15) is 0 Å². The van der Waals surface area contributed by atoms with Crippen LogP contribution in [0.2, 0.25) is 0 Å². The van der Waals surface area contributed by atoms with Crippen LogP contribution >= 0.6 is 0 Å². The van der Waals surface area contributed by atoms with Gasteiger partial charge in [-0.1, -0.05) is 6.07 Å². The summed E-state index contributed by atoms with van der Waals surface area (Å²) < 4.78 is 0. The summed E-state index contributed by atoms with van der Waals surface area (Å²) in [7, 11) is 0. The zero-order valence-corrected chi connectivity index (χ0v) is 15.6. The van der Waals surface area contributed by atoms with Crippen LogP contribution in [0.4, 0.5) is 11.4 Å². The molecule has 2 fully saturated rings. The molecule has 0 unspecified atom stereocenters. The lowest BCUT2D eigenvalue weighted by Gasteiger charge is -2.32. The van der Waals surface area contributed by atoms with Crippen LogP contribution in [0.5, 0.6) is 0 Å². The van der Waals surface area contributed by atoms with Crippen LogP contribution in [0.25, 0.3) is 0 Å². The summed E-state index contributed by atoms with van der Waals surface area (Å²) in [4.78, 5) is 51.0. The number of nitrogens with zero attached hydrogens (tertiary/aromatic N) is 2. The highest BCUT2D eigenvalue weighted by molar-refractivity contribution is 6.35. The van der Waals surface area contributed by atoms with Crippen LogP contribution in [-0.2, 0) is 19.2 Å². The third-order valence-electron chi connectivity index (χ3n) is 4.84. The lowest BCUT2D eigenvalue weighted by Crippen LogP contribution is -2.55. The molecule has 1 aliphatic heterocycles. The van der Waals surface area contributed by atoms with Crippen LogP contribution < -0.4 is 10.6 Å². The van der Waals surface area contributed by atoms with Crippen molar-refractivity contribution in [3.05, 3.63) is 23.8 Å². The van der Waals surface area contributed by atoms with Crippen molar-refractivity contribution < 1.29 is 19.2 Å². The molecule has 0 spiro atoms. The Morgan fingerprint density at radius 1 is 1.07 bits per heavy atom. The number of rotatable bonds is 6. The van der Waals surface area contributed by atoms with Gasteiger partial charge < -0.3 is 20.4 Å². The van der Waals surface area contributed by atoms with E-state index in [-0.39, 0.29) is 24.3 Å². The topological polar surface area (TPSA) is 98.8 Å². The minimum absolute atomic E-state index is 0.00552. The molecule has 8 nitrogen and oxygen atoms in total. The number of benzene rings is 1. The van der Waals surface area contributed by atoms with Crippen molar-refractivity contribution in [3.63, 3.8) is 0 Å². The molecule has 0 atom stereocenters. The number of amides is 4. The third-order valence-corrected chi connectivity index (χ3v) is 4.84. The smallest absolute Gasteiger partial charge is 0.312 e. The number of aryl methyl sites for hydroxylation is 1. The lowest BCUT2D eigenvalue weighted by atomic mass is 10.1. The maximum atomic E-state index is 12.4. The van der Waals surface area contributed by atoms with E-state index in [9.17, 15) is 19.2 Å². The Balaban J connectivity index is 1.61. The molecular formula is C19H24N4O4. The summed E-state index contributed by atoms with van der Waals surface area (Å²) in [6, 6.07) is 5.31. The second-order valence-corrected chi connectivity index (χ2v) is 6.95. The number of hydrogen-bond donors (Lipinski definition) is 2. The molecule has 1 aliphatic carbocycles. The zero-order valence-electron chi connectivity index (χ0n) is 15.6. The van der Waals surface area contributed by atoms with Crippen molar-refractivity contribution in [2.24, 2.45) is 5.92 Å². The maximum absolute atomic E-state index is 12.4. The van der Waals surface area contributed by atoms with Gasteiger partial charge in [-0.3, -0.25) is 19.2 Å². The number of anilines is 2. The quantitative estimate of drug-likeness (QED) is 0.727. The van der Waals surface area contributed by atoms with Gasteiger partial charge >= 0.3 is 11.8 Å². The Labute approximate surface area is 157 Å². The predicted octanol–water partition coefficient (Wildman–Crippen LogP) is 0.973. The molecule has 3 rings (SSSR count). The fraction of sp³-hybridized carbons (Fsp3) is 0.474. The van der Waals surface area contributed by atoms with Crippen molar-refractivity contribution in [3.8, 4) is 0 Å². The van der Waals surface area contributed by atoms with Gasteiger partial charge in [0.1, 0.15) is 6.54 Å². The van der Waals surface area contributed by atoms with Gasteiger partial charge in [0.2, 0.25) is 11.8 Å². The Morgan fingerprint density at radius 2 is 1.74 bits per heavy atom. The molecule has 0 bridgehead atoms. The van der Waals surface area contributed by atoms with Gasteiger partial charge in [0.15, 0.2) is 0 Å². The number of carbonyl (C=O) groups is 4. The molecule has 1 saturated carbocycles. The molecule has 1 saturated heterocycles. The first-order valence-corrected chi connectivity index (χ1v) is 9.18. The molecule has 144 valence electrons. The van der Waals surface area contributed by atoms with Gasteiger partial charge in [0.25, 0.3) is 0 Å². The SMILES string of the molecule is CCN1CCN(CC(=O)Nc2cc(NC(=O)C3CC3)ccc2C)C(=O)C1=O. The average molecular weight is 372 g/mol. The van der Waals surface area contributed by atoms with E-state index in [0.29, 0.717) is 31.0 Å². The fourth-order valence-electron chi connectivity index (χ4n) is 2.95. The molecule has 2 aliphatic rings. The van der Waals surface area contributed by atoms with E-state index < -0.39 is 11.8 Å². The van der Waals surface area contributed by atoms with Crippen molar-refractivity contribution >= 4 is 35.0 Å². The summed E-state index contributed by atoms with van der Waals surface area (Å²) >= 11 is 0. The first-order valence-electron chi connectivity index (χ1n) is 9.18. The van der Waals surface area contributed by atoms with Gasteiger partial charge in [-0.15, -0.1) is 0 Å². The molecule has 1 heterocycles.